The van der Waals surface area contributed by atoms with Gasteiger partial charge in [-0.3, -0.25) is 24.0 Å². The summed E-state index contributed by atoms with van der Waals surface area (Å²) in [6.07, 6.45) is 0.330. The lowest BCUT2D eigenvalue weighted by Crippen LogP contribution is -2.61. The Morgan fingerprint density at radius 3 is 1.50 bits per heavy atom. The summed E-state index contributed by atoms with van der Waals surface area (Å²) in [5.74, 6) is -4.69. The Morgan fingerprint density at radius 1 is 0.738 bits per heavy atom. The molecule has 0 aliphatic rings. The van der Waals surface area contributed by atoms with Crippen LogP contribution < -0.4 is 5.32 Å². The maximum absolute atomic E-state index is 12.9. The summed E-state index contributed by atoms with van der Waals surface area (Å²) in [7, 11) is 1.17. The van der Waals surface area contributed by atoms with Crippen molar-refractivity contribution in [2.24, 2.45) is 0 Å². The van der Waals surface area contributed by atoms with E-state index < -0.39 is 87.2 Å². The molecule has 0 aliphatic heterocycles. The molecule has 0 aliphatic carbocycles. The van der Waals surface area contributed by atoms with Gasteiger partial charge in [-0.05, 0) is 41.5 Å². The number of amides is 2. The van der Waals surface area contributed by atoms with Gasteiger partial charge in [0.15, 0.2) is 0 Å². The second-order valence-electron chi connectivity index (χ2n) is 10.5. The van der Waals surface area contributed by atoms with Gasteiger partial charge in [0.2, 0.25) is 5.91 Å². The normalized spacial score (nSPS) is 12.0. The first-order valence-corrected chi connectivity index (χ1v) is 14.8. The number of nitrogens with zero attached hydrogens (tertiary/aromatic N) is 1. The Morgan fingerprint density at radius 2 is 1.14 bits per heavy atom. The zero-order valence-electron chi connectivity index (χ0n) is 24.5. The molecule has 0 spiro atoms. The van der Waals surface area contributed by atoms with Gasteiger partial charge in [0, 0.05) is 19.9 Å². The van der Waals surface area contributed by atoms with Gasteiger partial charge in [-0.15, -0.1) is 0 Å². The highest BCUT2D eigenvalue weighted by Crippen LogP contribution is 2.23. The number of hydroxylamine groups is 2. The van der Waals surface area contributed by atoms with Crippen LogP contribution in [-0.2, 0) is 57.3 Å². The number of rotatable bonds is 17. The largest absolute Gasteiger partial charge is 0.462 e. The molecule has 0 heterocycles. The SMILES string of the molecule is CN(OC(=O)COCC(=O)NC(COC(=O)C(C)(C)Br)(COC(=O)C(C)(C)Br)COC(=O)C(C)(C)Br)C(=O)CCC=O. The molecule has 0 aromatic rings. The zero-order valence-corrected chi connectivity index (χ0v) is 29.3. The quantitative estimate of drug-likeness (QED) is 0.0744. The summed E-state index contributed by atoms with van der Waals surface area (Å²) >= 11 is 9.53. The van der Waals surface area contributed by atoms with E-state index in [-0.39, 0.29) is 12.8 Å². The van der Waals surface area contributed by atoms with Gasteiger partial charge in [0.05, 0.1) is 0 Å². The van der Waals surface area contributed by atoms with Crippen LogP contribution in [0.3, 0.4) is 0 Å². The fourth-order valence-electron chi connectivity index (χ4n) is 2.49. The average molecular weight is 797 g/mol. The van der Waals surface area contributed by atoms with Crippen molar-refractivity contribution in [1.29, 1.82) is 0 Å². The van der Waals surface area contributed by atoms with Crippen molar-refractivity contribution in [2.75, 3.05) is 40.1 Å². The van der Waals surface area contributed by atoms with Crippen molar-refractivity contribution in [2.45, 2.75) is 72.9 Å². The minimum Gasteiger partial charge on any atom is -0.462 e. The summed E-state index contributed by atoms with van der Waals surface area (Å²) in [6.45, 7) is 5.91. The molecule has 0 unspecified atom stereocenters. The lowest BCUT2D eigenvalue weighted by molar-refractivity contribution is -0.196. The fourth-order valence-corrected chi connectivity index (χ4v) is 2.83. The number of carbonyl (C=O) groups excluding carboxylic acids is 7. The number of hydrogen-bond donors (Lipinski definition) is 1. The van der Waals surface area contributed by atoms with Crippen LogP contribution in [0.5, 0.6) is 0 Å². The van der Waals surface area contributed by atoms with Gasteiger partial charge >= 0.3 is 23.9 Å². The van der Waals surface area contributed by atoms with Crippen LogP contribution in [0.25, 0.3) is 0 Å². The van der Waals surface area contributed by atoms with E-state index >= 15 is 0 Å². The first kappa shape index (κ1) is 39.9. The Kier molecular flexibility index (Phi) is 16.4. The molecule has 2 amide bonds. The molecule has 0 aromatic carbocycles. The minimum atomic E-state index is -1.78. The van der Waals surface area contributed by atoms with E-state index in [9.17, 15) is 33.6 Å². The molecule has 0 aromatic heterocycles. The number of ether oxygens (including phenoxy) is 4. The number of halogens is 3. The number of nitrogens with one attached hydrogen (secondary N) is 1. The van der Waals surface area contributed by atoms with E-state index in [1.165, 1.54) is 48.6 Å². The molecule has 0 saturated carbocycles. The summed E-state index contributed by atoms with van der Waals surface area (Å²) in [5, 5.41) is 3.15. The second kappa shape index (κ2) is 17.3. The standard InChI is InChI=1S/C25H37Br3N2O12/c1-22(2,26)19(35)39-13-25(14-40-20(36)23(3,4)27,15-41-21(37)24(5,6)28)29-16(32)11-38-12-18(34)42-30(7)17(33)9-8-10-31/h10H,8-9,11-15H2,1-7H3,(H,29,32). The highest BCUT2D eigenvalue weighted by molar-refractivity contribution is 9.10. The molecule has 17 heteroatoms. The van der Waals surface area contributed by atoms with E-state index in [4.69, 9.17) is 23.8 Å². The van der Waals surface area contributed by atoms with Crippen LogP contribution >= 0.6 is 47.8 Å². The van der Waals surface area contributed by atoms with E-state index in [2.05, 4.69) is 53.1 Å². The van der Waals surface area contributed by atoms with Crippen LogP contribution in [0.4, 0.5) is 0 Å². The van der Waals surface area contributed by atoms with Crippen molar-refractivity contribution in [3.05, 3.63) is 0 Å². The van der Waals surface area contributed by atoms with Gasteiger partial charge in [0.25, 0.3) is 5.91 Å². The Hall–Kier alpha value is -2.11. The molecule has 1 N–H and O–H groups in total. The van der Waals surface area contributed by atoms with Crippen LogP contribution in [0.15, 0.2) is 0 Å². The van der Waals surface area contributed by atoms with Crippen molar-refractivity contribution in [1.82, 2.24) is 10.4 Å². The third-order valence-corrected chi connectivity index (χ3v) is 5.79. The van der Waals surface area contributed by atoms with Gasteiger partial charge < -0.3 is 33.9 Å². The molecule has 42 heavy (non-hydrogen) atoms. The van der Waals surface area contributed by atoms with E-state index in [1.807, 2.05) is 0 Å². The third kappa shape index (κ3) is 15.9. The number of carbonyl (C=O) groups is 7. The van der Waals surface area contributed by atoms with Gasteiger partial charge in [-0.25, -0.2) is 4.79 Å². The predicted octanol–water partition coefficient (Wildman–Crippen LogP) is 1.90. The Balaban J connectivity index is 5.76. The van der Waals surface area contributed by atoms with Crippen molar-refractivity contribution in [3.63, 3.8) is 0 Å². The summed E-state index contributed by atoms with van der Waals surface area (Å²) in [5.41, 5.74) is -1.78. The number of alkyl halides is 3. The fraction of sp³-hybridized carbons (Fsp3) is 0.720. The topological polar surface area (TPSA) is 181 Å². The van der Waals surface area contributed by atoms with Crippen LogP contribution in [0, 0.1) is 0 Å². The summed E-state index contributed by atoms with van der Waals surface area (Å²) in [4.78, 5) is 89.3. The van der Waals surface area contributed by atoms with Crippen LogP contribution in [-0.4, -0.2) is 106 Å². The second-order valence-corrected chi connectivity index (χ2v) is 16.5. The van der Waals surface area contributed by atoms with E-state index in [1.54, 1.807) is 0 Å². The van der Waals surface area contributed by atoms with Crippen molar-refractivity contribution < 1.29 is 57.3 Å². The molecule has 0 fully saturated rings. The maximum atomic E-state index is 12.9. The van der Waals surface area contributed by atoms with Gasteiger partial charge in [0.1, 0.15) is 57.8 Å². The molecule has 0 rings (SSSR count). The predicted molar refractivity (Wildman–Crippen MR) is 158 cm³/mol. The smallest absolute Gasteiger partial charge is 0.357 e. The number of hydrogen-bond acceptors (Lipinski definition) is 12. The molecule has 0 saturated heterocycles. The van der Waals surface area contributed by atoms with E-state index in [0.717, 1.165) is 0 Å². The first-order valence-electron chi connectivity index (χ1n) is 12.4. The van der Waals surface area contributed by atoms with Gasteiger partial charge in [-0.1, -0.05) is 47.8 Å². The average Bonchev–Trinajstić information content (AvgIpc) is 2.85. The van der Waals surface area contributed by atoms with Crippen LogP contribution in [0.1, 0.15) is 54.4 Å². The molecule has 240 valence electrons. The molecule has 0 radical (unpaired) electrons. The lowest BCUT2D eigenvalue weighted by atomic mass is 10.0. The van der Waals surface area contributed by atoms with E-state index in [0.29, 0.717) is 11.3 Å². The Bertz CT molecular complexity index is 926. The summed E-state index contributed by atoms with van der Waals surface area (Å²) < 4.78 is 17.8. The molecule has 0 bridgehead atoms. The van der Waals surface area contributed by atoms with Crippen LogP contribution in [0.2, 0.25) is 0 Å². The lowest BCUT2D eigenvalue weighted by Gasteiger charge is -2.35. The third-order valence-electron chi connectivity index (χ3n) is 4.82. The summed E-state index contributed by atoms with van der Waals surface area (Å²) in [6, 6.07) is 0. The number of esters is 3. The molecular weight excluding hydrogens is 760 g/mol. The molecular formula is C25H37Br3N2O12. The Labute approximate surface area is 269 Å². The molecule has 14 nitrogen and oxygen atoms in total. The van der Waals surface area contributed by atoms with Crippen molar-refractivity contribution in [3.8, 4) is 0 Å². The zero-order chi connectivity index (χ0) is 32.9. The minimum absolute atomic E-state index is 0.0491. The first-order chi connectivity index (χ1) is 19.0. The highest BCUT2D eigenvalue weighted by Gasteiger charge is 2.41. The molecule has 0 atom stereocenters. The van der Waals surface area contributed by atoms with Gasteiger partial charge in [-0.2, -0.15) is 5.06 Å². The highest BCUT2D eigenvalue weighted by atomic mass is 79.9. The van der Waals surface area contributed by atoms with Crippen molar-refractivity contribution >= 4 is 89.8 Å². The number of aldehydes is 1. The monoisotopic (exact) mass is 794 g/mol. The maximum Gasteiger partial charge on any atom is 0.357 e.